The topological polar surface area (TPSA) is 125 Å². The normalized spacial score (nSPS) is 18.0. The Balaban J connectivity index is 1.54. The number of nitrogens with zero attached hydrogens (tertiary/aromatic N) is 4. The van der Waals surface area contributed by atoms with Crippen molar-refractivity contribution < 1.29 is 22.9 Å². The quantitative estimate of drug-likeness (QED) is 0.231. The largest absolute Gasteiger partial charge is 0.378 e. The Morgan fingerprint density at radius 3 is 2.41 bits per heavy atom. The molecule has 12 heteroatoms. The average Bonchev–Trinajstić information content (AvgIpc) is 3.01. The molecule has 11 nitrogen and oxygen atoms in total. The number of ketones is 1. The van der Waals surface area contributed by atoms with Crippen LogP contribution in [0.5, 0.6) is 0 Å². The summed E-state index contributed by atoms with van der Waals surface area (Å²) < 4.78 is 34.9. The highest BCUT2D eigenvalue weighted by Crippen LogP contribution is 2.34. The van der Waals surface area contributed by atoms with Gasteiger partial charge < -0.3 is 19.9 Å². The standard InChI is InChI=1S/C29H33N5O6S/c1-31(21-22-6-3-2-4-7-22)41(38,39)27-9-5-8-25(28(27)32-16-18-40-19-17-32)29(35)26-20-30-14-15-33(26)23-10-12-24(13-11-23)34(36)37/h2-13,26,30H,14-21H2,1H3. The Bertz CT molecular complexity index is 1490. The summed E-state index contributed by atoms with van der Waals surface area (Å²) in [5.74, 6) is -0.222. The zero-order chi connectivity index (χ0) is 29.0. The van der Waals surface area contributed by atoms with Gasteiger partial charge in [-0.25, -0.2) is 8.42 Å². The minimum Gasteiger partial charge on any atom is -0.378 e. The number of ether oxygens (including phenoxy) is 1. The number of hydrogen-bond acceptors (Lipinski definition) is 9. The van der Waals surface area contributed by atoms with E-state index in [1.54, 1.807) is 37.4 Å². The summed E-state index contributed by atoms with van der Waals surface area (Å²) in [6.07, 6.45) is 0. The molecule has 216 valence electrons. The van der Waals surface area contributed by atoms with Crippen molar-refractivity contribution in [3.63, 3.8) is 0 Å². The van der Waals surface area contributed by atoms with Crippen LogP contribution in [0, 0.1) is 10.1 Å². The van der Waals surface area contributed by atoms with E-state index in [0.29, 0.717) is 62.9 Å². The van der Waals surface area contributed by atoms with Crippen molar-refractivity contribution >= 4 is 32.9 Å². The molecule has 2 aliphatic rings. The first kappa shape index (κ1) is 28.7. The first-order valence-electron chi connectivity index (χ1n) is 13.5. The molecule has 0 spiro atoms. The van der Waals surface area contributed by atoms with Crippen LogP contribution in [0.25, 0.3) is 0 Å². The van der Waals surface area contributed by atoms with E-state index in [4.69, 9.17) is 4.74 Å². The van der Waals surface area contributed by atoms with Crippen LogP contribution < -0.4 is 15.1 Å². The lowest BCUT2D eigenvalue weighted by Gasteiger charge is -2.38. The molecule has 2 saturated heterocycles. The molecule has 1 N–H and O–H groups in total. The number of Topliss-reactive ketones (excluding diaryl/α,β-unsaturated/α-hetero) is 1. The summed E-state index contributed by atoms with van der Waals surface area (Å²) in [4.78, 5) is 28.9. The summed E-state index contributed by atoms with van der Waals surface area (Å²) in [5, 5.41) is 14.4. The number of rotatable bonds is 9. The smallest absolute Gasteiger partial charge is 0.269 e. The number of morpholine rings is 1. The third kappa shape index (κ3) is 6.10. The van der Waals surface area contributed by atoms with E-state index in [0.717, 1.165) is 5.56 Å². The Morgan fingerprint density at radius 2 is 1.73 bits per heavy atom. The lowest BCUT2D eigenvalue weighted by Crippen LogP contribution is -2.55. The van der Waals surface area contributed by atoms with Gasteiger partial charge in [-0.15, -0.1) is 0 Å². The van der Waals surface area contributed by atoms with Gasteiger partial charge in [-0.2, -0.15) is 4.31 Å². The van der Waals surface area contributed by atoms with Gasteiger partial charge in [-0.1, -0.05) is 36.4 Å². The maximum Gasteiger partial charge on any atom is 0.269 e. The van der Waals surface area contributed by atoms with Crippen molar-refractivity contribution in [1.82, 2.24) is 9.62 Å². The first-order valence-corrected chi connectivity index (χ1v) is 14.9. The van der Waals surface area contributed by atoms with Crippen LogP contribution in [-0.2, 0) is 21.3 Å². The lowest BCUT2D eigenvalue weighted by atomic mass is 9.98. The number of carbonyl (C=O) groups is 1. The molecule has 3 aromatic rings. The van der Waals surface area contributed by atoms with Crippen LogP contribution in [0.2, 0.25) is 0 Å². The number of nitro groups is 1. The van der Waals surface area contributed by atoms with Crippen LogP contribution in [0.15, 0.2) is 77.7 Å². The Morgan fingerprint density at radius 1 is 1.02 bits per heavy atom. The van der Waals surface area contributed by atoms with Gasteiger partial charge >= 0.3 is 0 Å². The zero-order valence-electron chi connectivity index (χ0n) is 22.8. The van der Waals surface area contributed by atoms with E-state index in [9.17, 15) is 23.3 Å². The predicted molar refractivity (Wildman–Crippen MR) is 156 cm³/mol. The molecule has 2 heterocycles. The third-order valence-electron chi connectivity index (χ3n) is 7.47. The predicted octanol–water partition coefficient (Wildman–Crippen LogP) is 2.91. The fourth-order valence-electron chi connectivity index (χ4n) is 5.33. The molecule has 0 radical (unpaired) electrons. The van der Waals surface area contributed by atoms with Gasteiger partial charge in [0.05, 0.1) is 23.8 Å². The van der Waals surface area contributed by atoms with Gasteiger partial charge in [0.2, 0.25) is 10.0 Å². The monoisotopic (exact) mass is 579 g/mol. The average molecular weight is 580 g/mol. The third-order valence-corrected chi connectivity index (χ3v) is 9.30. The number of piperazine rings is 1. The number of nitro benzene ring substituents is 1. The van der Waals surface area contributed by atoms with Gasteiger partial charge in [0.1, 0.15) is 10.9 Å². The van der Waals surface area contributed by atoms with E-state index in [-0.39, 0.29) is 22.9 Å². The molecule has 3 aromatic carbocycles. The highest BCUT2D eigenvalue weighted by atomic mass is 32.2. The van der Waals surface area contributed by atoms with E-state index in [2.05, 4.69) is 5.32 Å². The molecule has 5 rings (SSSR count). The van der Waals surface area contributed by atoms with Gasteiger partial charge in [-0.3, -0.25) is 14.9 Å². The molecular formula is C29H33N5O6S. The highest BCUT2D eigenvalue weighted by Gasteiger charge is 2.36. The number of sulfonamides is 1. The Kier molecular flexibility index (Phi) is 8.64. The maximum absolute atomic E-state index is 14.3. The molecule has 0 aliphatic carbocycles. The second-order valence-corrected chi connectivity index (χ2v) is 12.1. The SMILES string of the molecule is CN(Cc1ccccc1)S(=O)(=O)c1cccc(C(=O)C2CNCCN2c2ccc([N+](=O)[O-])cc2)c1N1CCOCC1. The van der Waals surface area contributed by atoms with Crippen LogP contribution >= 0.6 is 0 Å². The van der Waals surface area contributed by atoms with Crippen molar-refractivity contribution in [3.05, 3.63) is 94.0 Å². The van der Waals surface area contributed by atoms with Gasteiger partial charge in [0.15, 0.2) is 5.78 Å². The highest BCUT2D eigenvalue weighted by molar-refractivity contribution is 7.89. The van der Waals surface area contributed by atoms with Crippen molar-refractivity contribution in [1.29, 1.82) is 0 Å². The number of anilines is 2. The van der Waals surface area contributed by atoms with Gasteiger partial charge in [0, 0.05) is 69.7 Å². The van der Waals surface area contributed by atoms with Gasteiger partial charge in [0.25, 0.3) is 5.69 Å². The number of nitrogens with one attached hydrogen (secondary N) is 1. The van der Waals surface area contributed by atoms with Crippen LogP contribution in [0.1, 0.15) is 15.9 Å². The number of para-hydroxylation sites is 1. The van der Waals surface area contributed by atoms with Crippen molar-refractivity contribution in [2.75, 3.05) is 62.8 Å². The second kappa shape index (κ2) is 12.4. The molecule has 1 unspecified atom stereocenters. The van der Waals surface area contributed by atoms with Crippen molar-refractivity contribution in [2.24, 2.45) is 0 Å². The summed E-state index contributed by atoms with van der Waals surface area (Å²) in [6, 6.07) is 19.7. The summed E-state index contributed by atoms with van der Waals surface area (Å²) >= 11 is 0. The van der Waals surface area contributed by atoms with Gasteiger partial charge in [-0.05, 0) is 29.8 Å². The molecule has 0 saturated carbocycles. The fraction of sp³-hybridized carbons (Fsp3) is 0.345. The van der Waals surface area contributed by atoms with Crippen molar-refractivity contribution in [2.45, 2.75) is 17.5 Å². The van der Waals surface area contributed by atoms with Crippen molar-refractivity contribution in [3.8, 4) is 0 Å². The van der Waals surface area contributed by atoms with Crippen LogP contribution in [0.4, 0.5) is 17.1 Å². The molecule has 1 atom stereocenters. The molecule has 2 fully saturated rings. The first-order chi connectivity index (χ1) is 19.8. The molecule has 0 aromatic heterocycles. The molecule has 2 aliphatic heterocycles. The minimum atomic E-state index is -3.98. The van der Waals surface area contributed by atoms with E-state index in [1.807, 2.05) is 40.1 Å². The van der Waals surface area contributed by atoms with E-state index < -0.39 is 21.0 Å². The number of hydrogen-bond donors (Lipinski definition) is 1. The van der Waals surface area contributed by atoms with E-state index in [1.165, 1.54) is 16.4 Å². The number of carbonyl (C=O) groups excluding carboxylic acids is 1. The minimum absolute atomic E-state index is 0.0288. The number of non-ortho nitro benzene ring substituents is 1. The summed E-state index contributed by atoms with van der Waals surface area (Å²) in [7, 11) is -2.43. The fourth-order valence-corrected chi connectivity index (χ4v) is 6.72. The maximum atomic E-state index is 14.3. The summed E-state index contributed by atoms with van der Waals surface area (Å²) in [6.45, 7) is 3.42. The van der Waals surface area contributed by atoms with Crippen LogP contribution in [0.3, 0.4) is 0 Å². The zero-order valence-corrected chi connectivity index (χ0v) is 23.6. The molecular weight excluding hydrogens is 546 g/mol. The van der Waals surface area contributed by atoms with Crippen LogP contribution in [-0.4, -0.2) is 82.5 Å². The number of benzene rings is 3. The van der Waals surface area contributed by atoms with E-state index >= 15 is 0 Å². The Hall–Kier alpha value is -3.84. The molecule has 0 amide bonds. The summed E-state index contributed by atoms with van der Waals surface area (Å²) in [5.41, 5.74) is 2.22. The molecule has 41 heavy (non-hydrogen) atoms. The molecule has 0 bridgehead atoms. The Labute approximate surface area is 239 Å². The lowest BCUT2D eigenvalue weighted by molar-refractivity contribution is -0.384. The second-order valence-electron chi connectivity index (χ2n) is 10.0.